The second kappa shape index (κ2) is 6.64. The van der Waals surface area contributed by atoms with Gasteiger partial charge in [0.1, 0.15) is 12.2 Å². The van der Waals surface area contributed by atoms with Gasteiger partial charge in [0.25, 0.3) is 0 Å². The largest absolute Gasteiger partial charge is 0.416 e. The molecule has 0 atom stereocenters. The highest BCUT2D eigenvalue weighted by Crippen LogP contribution is 2.31. The number of hydroxylamine groups is 1. The molecule has 0 saturated carbocycles. The number of hydrogen-bond donors (Lipinski definition) is 2. The Morgan fingerprint density at radius 3 is 2.84 bits per heavy atom. The first-order chi connectivity index (χ1) is 12.0. The zero-order chi connectivity index (χ0) is 17.9. The zero-order valence-corrected chi connectivity index (χ0v) is 12.2. The average molecular weight is 354 g/mol. The molecule has 0 saturated heterocycles. The monoisotopic (exact) mass is 354 g/mol. The van der Waals surface area contributed by atoms with Crippen LogP contribution in [0, 0.1) is 0 Å². The number of alkyl halides is 3. The van der Waals surface area contributed by atoms with Crippen molar-refractivity contribution in [1.82, 2.24) is 36.0 Å². The summed E-state index contributed by atoms with van der Waals surface area (Å²) in [5.41, 5.74) is 1.01. The van der Waals surface area contributed by atoms with E-state index in [0.717, 1.165) is 12.1 Å². The first-order valence-corrected chi connectivity index (χ1v) is 6.66. The van der Waals surface area contributed by atoms with Crippen molar-refractivity contribution in [3.8, 4) is 0 Å². The minimum absolute atomic E-state index is 0.00211. The normalized spacial score (nSPS) is 12.4. The van der Waals surface area contributed by atoms with Crippen LogP contribution in [0.4, 0.5) is 18.9 Å². The minimum Gasteiger partial charge on any atom is -0.290 e. The maximum absolute atomic E-state index is 12.8. The summed E-state index contributed by atoms with van der Waals surface area (Å²) in [6, 6.07) is 4.25. The predicted molar refractivity (Wildman–Crippen MR) is 73.8 cm³/mol. The van der Waals surface area contributed by atoms with E-state index in [1.165, 1.54) is 23.3 Å². The van der Waals surface area contributed by atoms with Crippen LogP contribution in [0.2, 0.25) is 0 Å². The van der Waals surface area contributed by atoms with E-state index >= 15 is 0 Å². The average Bonchev–Trinajstić information content (AvgIpc) is 3.25. The van der Waals surface area contributed by atoms with Crippen molar-refractivity contribution in [3.63, 3.8) is 0 Å². The van der Waals surface area contributed by atoms with Crippen molar-refractivity contribution in [2.45, 2.75) is 12.7 Å². The molecule has 0 radical (unpaired) electrons. The highest BCUT2D eigenvalue weighted by atomic mass is 19.4. The number of amidine groups is 1. The summed E-state index contributed by atoms with van der Waals surface area (Å²) in [5, 5.41) is 27.4. The number of aliphatic imine (C=N–C) groups is 1. The van der Waals surface area contributed by atoms with Gasteiger partial charge < -0.3 is 0 Å². The van der Waals surface area contributed by atoms with Crippen LogP contribution in [0.3, 0.4) is 0 Å². The Morgan fingerprint density at radius 1 is 1.32 bits per heavy atom. The van der Waals surface area contributed by atoms with Crippen LogP contribution in [-0.4, -0.2) is 41.6 Å². The number of tetrazole rings is 1. The Labute approximate surface area is 136 Å². The Bertz CT molecular complexity index is 875. The first-order valence-electron chi connectivity index (χ1n) is 6.66. The molecule has 0 aliphatic rings. The van der Waals surface area contributed by atoms with Crippen molar-refractivity contribution in [1.29, 1.82) is 0 Å². The molecule has 0 bridgehead atoms. The molecular formula is C12H9F3N8O2. The van der Waals surface area contributed by atoms with Crippen LogP contribution in [0.1, 0.15) is 17.0 Å². The van der Waals surface area contributed by atoms with Gasteiger partial charge in [-0.15, -0.1) is 10.2 Å². The standard InChI is InChI=1S/C12H9F3N8O2/c13-12(14,15)7-2-1-3-8(4-7)18-11(19-24)10-9(20-25-21-10)5-23-17-6-16-22-23/h1-4,6,24H,5H2,(H,18,19). The summed E-state index contributed by atoms with van der Waals surface area (Å²) in [6.07, 6.45) is -3.31. The molecule has 3 rings (SSSR count). The lowest BCUT2D eigenvalue weighted by Crippen LogP contribution is -2.23. The Morgan fingerprint density at radius 2 is 2.16 bits per heavy atom. The van der Waals surface area contributed by atoms with E-state index in [1.54, 1.807) is 5.48 Å². The maximum atomic E-state index is 12.8. The van der Waals surface area contributed by atoms with Gasteiger partial charge in [-0.2, -0.15) is 18.0 Å². The van der Waals surface area contributed by atoms with E-state index in [9.17, 15) is 18.4 Å². The summed E-state index contributed by atoms with van der Waals surface area (Å²) in [7, 11) is 0. The molecule has 0 aliphatic heterocycles. The fraction of sp³-hybridized carbons (Fsp3) is 0.167. The molecule has 1 aromatic carbocycles. The molecule has 0 spiro atoms. The molecule has 2 heterocycles. The smallest absolute Gasteiger partial charge is 0.290 e. The lowest BCUT2D eigenvalue weighted by atomic mass is 10.2. The van der Waals surface area contributed by atoms with Gasteiger partial charge in [-0.25, -0.2) is 9.62 Å². The van der Waals surface area contributed by atoms with Crippen molar-refractivity contribution < 1.29 is 23.0 Å². The van der Waals surface area contributed by atoms with E-state index in [-0.39, 0.29) is 29.5 Å². The van der Waals surface area contributed by atoms with E-state index in [0.29, 0.717) is 0 Å². The molecular weight excluding hydrogens is 345 g/mol. The zero-order valence-electron chi connectivity index (χ0n) is 12.2. The Kier molecular flexibility index (Phi) is 4.38. The minimum atomic E-state index is -4.52. The van der Waals surface area contributed by atoms with Gasteiger partial charge in [0.2, 0.25) is 0 Å². The molecule has 2 N–H and O–H groups in total. The van der Waals surface area contributed by atoms with E-state index in [2.05, 4.69) is 35.3 Å². The molecule has 3 aromatic rings. The first kappa shape index (κ1) is 16.5. The van der Waals surface area contributed by atoms with Crippen molar-refractivity contribution >= 4 is 11.5 Å². The molecule has 0 aliphatic carbocycles. The van der Waals surface area contributed by atoms with Crippen molar-refractivity contribution in [3.05, 3.63) is 47.5 Å². The van der Waals surface area contributed by atoms with Gasteiger partial charge in [0, 0.05) is 0 Å². The number of hydrogen-bond acceptors (Lipinski definition) is 8. The summed E-state index contributed by atoms with van der Waals surface area (Å²) in [4.78, 5) is 5.08. The van der Waals surface area contributed by atoms with Crippen LogP contribution in [0.5, 0.6) is 0 Å². The third-order valence-corrected chi connectivity index (χ3v) is 2.98. The topological polar surface area (TPSA) is 127 Å². The molecule has 0 amide bonds. The number of rotatable bonds is 4. The number of nitrogens with zero attached hydrogens (tertiary/aromatic N) is 7. The van der Waals surface area contributed by atoms with Crippen molar-refractivity contribution in [2.24, 2.45) is 4.99 Å². The summed E-state index contributed by atoms with van der Waals surface area (Å²) < 4.78 is 42.9. The SMILES string of the molecule is ONC(=Nc1cccc(C(F)(F)F)c1)c1nonc1Cn1ncnn1. The van der Waals surface area contributed by atoms with E-state index in [1.807, 2.05) is 0 Å². The Hall–Kier alpha value is -3.35. The van der Waals surface area contributed by atoms with Gasteiger partial charge in [-0.3, -0.25) is 10.7 Å². The Balaban J connectivity index is 1.93. The third kappa shape index (κ3) is 3.77. The molecule has 13 heteroatoms. The van der Waals surface area contributed by atoms with Crippen LogP contribution < -0.4 is 5.48 Å². The van der Waals surface area contributed by atoms with Gasteiger partial charge in [0.15, 0.2) is 17.9 Å². The van der Waals surface area contributed by atoms with Gasteiger partial charge in [0.05, 0.1) is 11.3 Å². The van der Waals surface area contributed by atoms with E-state index in [4.69, 9.17) is 0 Å². The van der Waals surface area contributed by atoms with Crippen molar-refractivity contribution in [2.75, 3.05) is 0 Å². The highest BCUT2D eigenvalue weighted by molar-refractivity contribution is 5.98. The van der Waals surface area contributed by atoms with Crippen LogP contribution in [0.15, 0.2) is 40.2 Å². The van der Waals surface area contributed by atoms with Crippen LogP contribution in [0.25, 0.3) is 0 Å². The summed E-state index contributed by atoms with van der Waals surface area (Å²) in [6.45, 7) is 0.00211. The second-order valence-electron chi connectivity index (χ2n) is 4.65. The number of aromatic nitrogens is 6. The fourth-order valence-electron chi connectivity index (χ4n) is 1.90. The number of nitrogens with one attached hydrogen (secondary N) is 1. The third-order valence-electron chi connectivity index (χ3n) is 2.98. The van der Waals surface area contributed by atoms with Gasteiger partial charge in [-0.1, -0.05) is 11.2 Å². The predicted octanol–water partition coefficient (Wildman–Crippen LogP) is 1.18. The highest BCUT2D eigenvalue weighted by Gasteiger charge is 2.30. The second-order valence-corrected chi connectivity index (χ2v) is 4.65. The molecule has 25 heavy (non-hydrogen) atoms. The molecule has 10 nitrogen and oxygen atoms in total. The van der Waals surface area contributed by atoms with Crippen LogP contribution >= 0.6 is 0 Å². The van der Waals surface area contributed by atoms with Crippen LogP contribution in [-0.2, 0) is 12.7 Å². The maximum Gasteiger partial charge on any atom is 0.416 e. The molecule has 0 unspecified atom stereocenters. The lowest BCUT2D eigenvalue weighted by molar-refractivity contribution is -0.137. The summed E-state index contributed by atoms with van der Waals surface area (Å²) >= 11 is 0. The summed E-state index contributed by atoms with van der Waals surface area (Å²) in [5.74, 6) is -0.254. The lowest BCUT2D eigenvalue weighted by Gasteiger charge is -2.07. The number of benzene rings is 1. The number of halogens is 3. The van der Waals surface area contributed by atoms with E-state index < -0.39 is 11.7 Å². The van der Waals surface area contributed by atoms with Gasteiger partial charge in [-0.05, 0) is 28.6 Å². The van der Waals surface area contributed by atoms with Gasteiger partial charge >= 0.3 is 6.18 Å². The quantitative estimate of drug-likeness (QED) is 0.406. The fourth-order valence-corrected chi connectivity index (χ4v) is 1.90. The molecule has 130 valence electrons. The molecule has 0 fully saturated rings. The molecule has 2 aromatic heterocycles.